The number of amides is 2. The van der Waals surface area contributed by atoms with Crippen LogP contribution in [0.1, 0.15) is 37.8 Å². The molecule has 36 heavy (non-hydrogen) atoms. The zero-order chi connectivity index (χ0) is 25.9. The van der Waals surface area contributed by atoms with E-state index in [0.29, 0.717) is 24.3 Å². The molecule has 0 spiro atoms. The fraction of sp³-hybridized carbons (Fsp3) is 0.310. The lowest BCUT2D eigenvalue weighted by Gasteiger charge is -2.32. The first-order valence-electron chi connectivity index (χ1n) is 12.1. The molecule has 0 heterocycles. The fourth-order valence-corrected chi connectivity index (χ4v) is 4.79. The first kappa shape index (κ1) is 27.8. The Hall–Kier alpha value is -2.83. The number of rotatable bonds is 12. The summed E-state index contributed by atoms with van der Waals surface area (Å²) in [5, 5.41) is 3.67. The van der Waals surface area contributed by atoms with Crippen molar-refractivity contribution in [1.29, 1.82) is 0 Å². The van der Waals surface area contributed by atoms with Crippen LogP contribution in [0.15, 0.2) is 83.8 Å². The van der Waals surface area contributed by atoms with Gasteiger partial charge >= 0.3 is 0 Å². The first-order valence-corrected chi connectivity index (χ1v) is 13.4. The maximum Gasteiger partial charge on any atom is 0.243 e. The second-order valence-corrected chi connectivity index (χ2v) is 10.5. The molecule has 0 radical (unpaired) electrons. The summed E-state index contributed by atoms with van der Waals surface area (Å²) in [6.45, 7) is 4.03. The van der Waals surface area contributed by atoms with Gasteiger partial charge in [0.25, 0.3) is 0 Å². The highest BCUT2D eigenvalue weighted by Gasteiger charge is 2.30. The molecule has 0 bridgehead atoms. The topological polar surface area (TPSA) is 49.4 Å². The van der Waals surface area contributed by atoms with E-state index in [4.69, 9.17) is 11.6 Å². The van der Waals surface area contributed by atoms with E-state index in [0.717, 1.165) is 21.8 Å². The van der Waals surface area contributed by atoms with Crippen LogP contribution in [0, 0.1) is 5.82 Å². The van der Waals surface area contributed by atoms with Gasteiger partial charge in [0.05, 0.1) is 0 Å². The molecular formula is C29H32ClFN2O2S. The van der Waals surface area contributed by atoms with E-state index in [-0.39, 0.29) is 30.2 Å². The minimum atomic E-state index is -0.684. The third-order valence-electron chi connectivity index (χ3n) is 5.59. The predicted molar refractivity (Wildman–Crippen MR) is 146 cm³/mol. The number of halogens is 2. The standard InChI is InChI=1S/C29H32ClFN2O2S/c1-21(2)32-29(35)27(19-22-7-4-3-5-8-22)33(20-23-10-14-25(31)15-11-23)28(34)9-6-18-36-26-16-12-24(30)13-17-26/h3-5,7-8,10-17,21,27H,6,9,18-20H2,1-2H3,(H,32,35). The first-order chi connectivity index (χ1) is 17.3. The van der Waals surface area contributed by atoms with Gasteiger partial charge in [0.1, 0.15) is 11.9 Å². The summed E-state index contributed by atoms with van der Waals surface area (Å²) in [5.74, 6) is 0.129. The summed E-state index contributed by atoms with van der Waals surface area (Å²) in [7, 11) is 0. The summed E-state index contributed by atoms with van der Waals surface area (Å²) < 4.78 is 13.5. The number of nitrogens with one attached hydrogen (secondary N) is 1. The molecule has 2 amide bonds. The Labute approximate surface area is 222 Å². The van der Waals surface area contributed by atoms with E-state index in [1.807, 2.05) is 68.4 Å². The van der Waals surface area contributed by atoms with E-state index in [1.54, 1.807) is 28.8 Å². The van der Waals surface area contributed by atoms with Crippen LogP contribution in [0.25, 0.3) is 0 Å². The Bertz CT molecular complexity index is 1110. The Balaban J connectivity index is 1.77. The Morgan fingerprint density at radius 1 is 0.944 bits per heavy atom. The number of carbonyl (C=O) groups excluding carboxylic acids is 2. The minimum Gasteiger partial charge on any atom is -0.352 e. The van der Waals surface area contributed by atoms with Crippen molar-refractivity contribution in [1.82, 2.24) is 10.2 Å². The number of hydrogen-bond donors (Lipinski definition) is 1. The van der Waals surface area contributed by atoms with Crippen molar-refractivity contribution < 1.29 is 14.0 Å². The average molecular weight is 527 g/mol. The summed E-state index contributed by atoms with van der Waals surface area (Å²) in [6, 6.07) is 22.6. The molecule has 4 nitrogen and oxygen atoms in total. The van der Waals surface area contributed by atoms with Crippen molar-refractivity contribution >= 4 is 35.2 Å². The number of carbonyl (C=O) groups is 2. The van der Waals surface area contributed by atoms with Gasteiger partial charge in [0, 0.05) is 35.3 Å². The van der Waals surface area contributed by atoms with E-state index in [2.05, 4.69) is 5.32 Å². The predicted octanol–water partition coefficient (Wildman–Crippen LogP) is 6.52. The van der Waals surface area contributed by atoms with Gasteiger partial charge in [-0.25, -0.2) is 4.39 Å². The summed E-state index contributed by atoms with van der Waals surface area (Å²) >= 11 is 7.62. The molecule has 0 aliphatic carbocycles. The molecule has 0 saturated heterocycles. The highest BCUT2D eigenvalue weighted by Crippen LogP contribution is 2.22. The SMILES string of the molecule is CC(C)NC(=O)C(Cc1ccccc1)N(Cc1ccc(F)cc1)C(=O)CCCSc1ccc(Cl)cc1. The molecule has 7 heteroatoms. The molecule has 0 fully saturated rings. The normalized spacial score (nSPS) is 11.8. The largest absolute Gasteiger partial charge is 0.352 e. The number of benzene rings is 3. The second-order valence-electron chi connectivity index (χ2n) is 8.92. The highest BCUT2D eigenvalue weighted by atomic mass is 35.5. The molecule has 0 aliphatic rings. The Morgan fingerprint density at radius 2 is 1.61 bits per heavy atom. The monoisotopic (exact) mass is 526 g/mol. The van der Waals surface area contributed by atoms with Gasteiger partial charge in [0.15, 0.2) is 0 Å². The Morgan fingerprint density at radius 3 is 2.25 bits per heavy atom. The smallest absolute Gasteiger partial charge is 0.243 e. The Kier molecular flexibility index (Phi) is 10.8. The fourth-order valence-electron chi connectivity index (χ4n) is 3.81. The van der Waals surface area contributed by atoms with Gasteiger partial charge in [-0.3, -0.25) is 9.59 Å². The molecule has 3 rings (SSSR count). The molecule has 0 saturated carbocycles. The van der Waals surface area contributed by atoms with E-state index in [9.17, 15) is 14.0 Å². The number of thioether (sulfide) groups is 1. The van der Waals surface area contributed by atoms with Gasteiger partial charge in [0.2, 0.25) is 11.8 Å². The van der Waals surface area contributed by atoms with Crippen molar-refractivity contribution in [2.75, 3.05) is 5.75 Å². The maximum atomic E-state index is 13.5. The second kappa shape index (κ2) is 14.0. The van der Waals surface area contributed by atoms with Crippen LogP contribution in [-0.4, -0.2) is 34.6 Å². The molecule has 190 valence electrons. The zero-order valence-corrected chi connectivity index (χ0v) is 22.2. The van der Waals surface area contributed by atoms with Crippen LogP contribution < -0.4 is 5.32 Å². The van der Waals surface area contributed by atoms with Crippen molar-refractivity contribution in [3.05, 3.63) is 101 Å². The summed E-state index contributed by atoms with van der Waals surface area (Å²) in [4.78, 5) is 29.6. The number of nitrogens with zero attached hydrogens (tertiary/aromatic N) is 1. The van der Waals surface area contributed by atoms with Crippen LogP contribution in [-0.2, 0) is 22.6 Å². The number of hydrogen-bond acceptors (Lipinski definition) is 3. The van der Waals surface area contributed by atoms with Crippen LogP contribution in [0.2, 0.25) is 5.02 Å². The van der Waals surface area contributed by atoms with Crippen LogP contribution in [0.5, 0.6) is 0 Å². The van der Waals surface area contributed by atoms with Gasteiger partial charge in [-0.1, -0.05) is 54.1 Å². The molecular weight excluding hydrogens is 495 g/mol. The van der Waals surface area contributed by atoms with Crippen LogP contribution in [0.3, 0.4) is 0 Å². The van der Waals surface area contributed by atoms with Gasteiger partial charge in [-0.15, -0.1) is 11.8 Å². The lowest BCUT2D eigenvalue weighted by molar-refractivity contribution is -0.141. The molecule has 3 aromatic carbocycles. The van der Waals surface area contributed by atoms with E-state index >= 15 is 0 Å². The van der Waals surface area contributed by atoms with E-state index < -0.39 is 6.04 Å². The van der Waals surface area contributed by atoms with Crippen molar-refractivity contribution in [2.45, 2.75) is 56.6 Å². The lowest BCUT2D eigenvalue weighted by Crippen LogP contribution is -2.51. The molecule has 0 aromatic heterocycles. The van der Waals surface area contributed by atoms with Gasteiger partial charge in [-0.05, 0) is 73.5 Å². The zero-order valence-electron chi connectivity index (χ0n) is 20.6. The summed E-state index contributed by atoms with van der Waals surface area (Å²) in [6.07, 6.45) is 1.36. The molecule has 3 aromatic rings. The molecule has 0 aliphatic heterocycles. The van der Waals surface area contributed by atoms with Gasteiger partial charge in [-0.2, -0.15) is 0 Å². The third-order valence-corrected chi connectivity index (χ3v) is 6.94. The minimum absolute atomic E-state index is 0.0608. The molecule has 1 unspecified atom stereocenters. The third kappa shape index (κ3) is 8.99. The molecule has 1 atom stereocenters. The van der Waals surface area contributed by atoms with Crippen molar-refractivity contribution in [2.24, 2.45) is 0 Å². The van der Waals surface area contributed by atoms with Crippen LogP contribution >= 0.6 is 23.4 Å². The molecule has 1 N–H and O–H groups in total. The van der Waals surface area contributed by atoms with Crippen molar-refractivity contribution in [3.63, 3.8) is 0 Å². The quantitative estimate of drug-likeness (QED) is 0.216. The summed E-state index contributed by atoms with van der Waals surface area (Å²) in [5.41, 5.74) is 1.74. The van der Waals surface area contributed by atoms with Crippen molar-refractivity contribution in [3.8, 4) is 0 Å². The van der Waals surface area contributed by atoms with Crippen LogP contribution in [0.4, 0.5) is 4.39 Å². The highest BCUT2D eigenvalue weighted by molar-refractivity contribution is 7.99. The van der Waals surface area contributed by atoms with E-state index in [1.165, 1.54) is 12.1 Å². The average Bonchev–Trinajstić information content (AvgIpc) is 2.86. The maximum absolute atomic E-state index is 13.5. The van der Waals surface area contributed by atoms with Gasteiger partial charge < -0.3 is 10.2 Å². The lowest BCUT2D eigenvalue weighted by atomic mass is 10.0.